The molecule has 110 valence electrons. The molecule has 20 heavy (non-hydrogen) atoms. The van der Waals surface area contributed by atoms with Gasteiger partial charge in [-0.2, -0.15) is 4.31 Å². The Morgan fingerprint density at radius 3 is 2.55 bits per heavy atom. The van der Waals surface area contributed by atoms with Gasteiger partial charge in [-0.25, -0.2) is 8.42 Å². The van der Waals surface area contributed by atoms with Crippen LogP contribution in [-0.4, -0.2) is 25.3 Å². The molecule has 1 aliphatic heterocycles. The van der Waals surface area contributed by atoms with Crippen LogP contribution in [0.1, 0.15) is 38.5 Å². The number of fused-ring (bicyclic) bond motifs is 1. The van der Waals surface area contributed by atoms with Gasteiger partial charge in [-0.05, 0) is 43.7 Å². The summed E-state index contributed by atoms with van der Waals surface area (Å²) in [6.07, 6.45) is 6.66. The summed E-state index contributed by atoms with van der Waals surface area (Å²) in [7, 11) is -3.46. The summed E-state index contributed by atoms with van der Waals surface area (Å²) in [5.74, 6) is 0.537. The predicted molar refractivity (Wildman–Crippen MR) is 80.3 cm³/mol. The van der Waals surface area contributed by atoms with Crippen molar-refractivity contribution in [1.82, 2.24) is 4.31 Å². The maximum Gasteiger partial charge on any atom is 0.244 e. The summed E-state index contributed by atoms with van der Waals surface area (Å²) in [6, 6.07) is 6.95. The summed E-state index contributed by atoms with van der Waals surface area (Å²) in [4.78, 5) is 0.257. The van der Waals surface area contributed by atoms with Gasteiger partial charge < -0.3 is 0 Å². The molecule has 3 rings (SSSR count). The molecule has 3 nitrogen and oxygen atoms in total. The van der Waals surface area contributed by atoms with E-state index in [0.717, 1.165) is 19.3 Å². The van der Waals surface area contributed by atoms with Gasteiger partial charge in [-0.3, -0.25) is 0 Å². The number of benzene rings is 1. The van der Waals surface area contributed by atoms with E-state index in [1.54, 1.807) is 28.6 Å². The quantitative estimate of drug-likeness (QED) is 0.835. The minimum Gasteiger partial charge on any atom is -0.207 e. The van der Waals surface area contributed by atoms with Gasteiger partial charge in [0.1, 0.15) is 4.90 Å². The van der Waals surface area contributed by atoms with E-state index in [1.165, 1.54) is 19.3 Å². The summed E-state index contributed by atoms with van der Waals surface area (Å²) < 4.78 is 27.5. The van der Waals surface area contributed by atoms with Gasteiger partial charge in [0.2, 0.25) is 10.0 Å². The van der Waals surface area contributed by atoms with Crippen LogP contribution in [0.5, 0.6) is 0 Å². The van der Waals surface area contributed by atoms with Crippen molar-refractivity contribution in [2.45, 2.75) is 49.5 Å². The van der Waals surface area contributed by atoms with Gasteiger partial charge in [-0.15, -0.1) is 0 Å². The number of halogens is 1. The summed E-state index contributed by atoms with van der Waals surface area (Å²) in [5, 5.41) is 0.324. The summed E-state index contributed by atoms with van der Waals surface area (Å²) >= 11 is 6.10. The average Bonchev–Trinajstić information content (AvgIpc) is 2.47. The minimum atomic E-state index is -3.46. The molecule has 2 fully saturated rings. The van der Waals surface area contributed by atoms with Crippen LogP contribution < -0.4 is 0 Å². The first-order chi connectivity index (χ1) is 9.60. The molecule has 0 radical (unpaired) electrons. The van der Waals surface area contributed by atoms with Gasteiger partial charge >= 0.3 is 0 Å². The molecule has 0 spiro atoms. The molecule has 2 atom stereocenters. The first-order valence-electron chi connectivity index (χ1n) is 7.37. The Balaban J connectivity index is 1.96. The lowest BCUT2D eigenvalue weighted by Crippen LogP contribution is -2.49. The van der Waals surface area contributed by atoms with Crippen molar-refractivity contribution in [3.63, 3.8) is 0 Å². The molecule has 0 bridgehead atoms. The second-order valence-electron chi connectivity index (χ2n) is 5.80. The third-order valence-electron chi connectivity index (χ3n) is 4.62. The minimum absolute atomic E-state index is 0.179. The monoisotopic (exact) mass is 313 g/mol. The summed E-state index contributed by atoms with van der Waals surface area (Å²) in [5.41, 5.74) is 0. The van der Waals surface area contributed by atoms with Crippen LogP contribution in [0, 0.1) is 5.92 Å². The molecule has 0 amide bonds. The number of nitrogens with zero attached hydrogens (tertiary/aromatic N) is 1. The zero-order valence-electron chi connectivity index (χ0n) is 11.5. The topological polar surface area (TPSA) is 37.4 Å². The van der Waals surface area contributed by atoms with Gasteiger partial charge in [0.25, 0.3) is 0 Å². The molecule has 0 N–H and O–H groups in total. The zero-order chi connectivity index (χ0) is 14.2. The van der Waals surface area contributed by atoms with E-state index >= 15 is 0 Å². The van der Waals surface area contributed by atoms with Gasteiger partial charge in [0, 0.05) is 12.6 Å². The second kappa shape index (κ2) is 5.66. The molecule has 5 heteroatoms. The lowest BCUT2D eigenvalue weighted by atomic mass is 9.79. The maximum atomic E-state index is 12.9. The van der Waals surface area contributed by atoms with E-state index in [0.29, 0.717) is 17.5 Å². The van der Waals surface area contributed by atoms with Crippen molar-refractivity contribution in [2.24, 2.45) is 5.92 Å². The summed E-state index contributed by atoms with van der Waals surface area (Å²) in [6.45, 7) is 0.634. The van der Waals surface area contributed by atoms with Gasteiger partial charge in [-0.1, -0.05) is 36.6 Å². The second-order valence-corrected chi connectivity index (χ2v) is 8.07. The van der Waals surface area contributed by atoms with Crippen molar-refractivity contribution in [1.29, 1.82) is 0 Å². The first kappa shape index (κ1) is 14.4. The fourth-order valence-electron chi connectivity index (χ4n) is 3.66. The number of rotatable bonds is 2. The molecular formula is C15H20ClNO2S. The fourth-order valence-corrected chi connectivity index (χ4v) is 5.91. The molecule has 1 aromatic rings. The Morgan fingerprint density at radius 2 is 1.75 bits per heavy atom. The normalized spacial score (nSPS) is 28.1. The highest BCUT2D eigenvalue weighted by Gasteiger charge is 2.40. The van der Waals surface area contributed by atoms with Crippen molar-refractivity contribution in [3.8, 4) is 0 Å². The Morgan fingerprint density at radius 1 is 1.05 bits per heavy atom. The van der Waals surface area contributed by atoms with Crippen molar-refractivity contribution >= 4 is 21.6 Å². The number of piperidine rings is 1. The molecule has 1 saturated heterocycles. The first-order valence-corrected chi connectivity index (χ1v) is 9.19. The third-order valence-corrected chi connectivity index (χ3v) is 7.04. The Bertz CT molecular complexity index is 585. The number of sulfonamides is 1. The van der Waals surface area contributed by atoms with E-state index in [1.807, 2.05) is 0 Å². The van der Waals surface area contributed by atoms with E-state index in [2.05, 4.69) is 0 Å². The van der Waals surface area contributed by atoms with E-state index in [9.17, 15) is 8.42 Å². The average molecular weight is 314 g/mol. The standard InChI is InChI=1S/C15H20ClNO2S/c16-13-8-2-4-10-15(13)20(18,19)17-11-5-7-12-6-1-3-9-14(12)17/h2,4,8,10,12,14H,1,3,5-7,9,11H2/t12-,14+/m1/s1. The fraction of sp³-hybridized carbons (Fsp3) is 0.600. The molecule has 1 saturated carbocycles. The predicted octanol–water partition coefficient (Wildman–Crippen LogP) is 3.68. The lowest BCUT2D eigenvalue weighted by molar-refractivity contribution is 0.129. The molecule has 0 unspecified atom stereocenters. The van der Waals surface area contributed by atoms with E-state index < -0.39 is 10.0 Å². The van der Waals surface area contributed by atoms with Crippen molar-refractivity contribution in [3.05, 3.63) is 29.3 Å². The van der Waals surface area contributed by atoms with Crippen LogP contribution in [0.3, 0.4) is 0 Å². The van der Waals surface area contributed by atoms with E-state index in [4.69, 9.17) is 11.6 Å². The molecule has 0 aromatic heterocycles. The van der Waals surface area contributed by atoms with Crippen LogP contribution in [0.25, 0.3) is 0 Å². The Labute approximate surface area is 126 Å². The zero-order valence-corrected chi connectivity index (χ0v) is 13.0. The maximum absolute atomic E-state index is 12.9. The van der Waals surface area contributed by atoms with Crippen LogP contribution in [0.15, 0.2) is 29.2 Å². The van der Waals surface area contributed by atoms with Crippen LogP contribution in [0.4, 0.5) is 0 Å². The number of hydrogen-bond donors (Lipinski definition) is 0. The molecule has 2 aliphatic rings. The highest BCUT2D eigenvalue weighted by molar-refractivity contribution is 7.89. The lowest BCUT2D eigenvalue weighted by Gasteiger charge is -2.43. The van der Waals surface area contributed by atoms with Crippen LogP contribution in [-0.2, 0) is 10.0 Å². The Hall–Kier alpha value is -0.580. The highest BCUT2D eigenvalue weighted by atomic mass is 35.5. The molecule has 1 aliphatic carbocycles. The van der Waals surface area contributed by atoms with Crippen LogP contribution in [0.2, 0.25) is 5.02 Å². The largest absolute Gasteiger partial charge is 0.244 e. The molecule has 1 heterocycles. The van der Waals surface area contributed by atoms with Gasteiger partial charge in [0.05, 0.1) is 5.02 Å². The van der Waals surface area contributed by atoms with Crippen molar-refractivity contribution in [2.75, 3.05) is 6.54 Å². The molecular weight excluding hydrogens is 294 g/mol. The van der Waals surface area contributed by atoms with Gasteiger partial charge in [0.15, 0.2) is 0 Å². The third kappa shape index (κ3) is 2.49. The van der Waals surface area contributed by atoms with Crippen molar-refractivity contribution < 1.29 is 8.42 Å². The van der Waals surface area contributed by atoms with E-state index in [-0.39, 0.29) is 10.9 Å². The SMILES string of the molecule is O=S(=O)(c1ccccc1Cl)N1CCC[C@H]2CCCC[C@@H]21. The molecule has 1 aromatic carbocycles. The van der Waals surface area contributed by atoms with Crippen LogP contribution >= 0.6 is 11.6 Å². The highest BCUT2D eigenvalue weighted by Crippen LogP contribution is 2.38. The Kier molecular flexibility index (Phi) is 4.07. The smallest absolute Gasteiger partial charge is 0.207 e. The number of hydrogen-bond acceptors (Lipinski definition) is 2.